The summed E-state index contributed by atoms with van der Waals surface area (Å²) in [5, 5.41) is 0.685. The molecule has 0 spiro atoms. The number of nitrogens with two attached hydrogens (primary N) is 1. The van der Waals surface area contributed by atoms with Gasteiger partial charge in [-0.15, -0.1) is 0 Å². The van der Waals surface area contributed by atoms with Crippen LogP contribution in [0.4, 0.5) is 0 Å². The van der Waals surface area contributed by atoms with Gasteiger partial charge in [-0.25, -0.2) is 0 Å². The highest BCUT2D eigenvalue weighted by molar-refractivity contribution is 6.31. The molecule has 1 aliphatic rings. The average molecular weight is 242 g/mol. The fraction of sp³-hybridized carbons (Fsp3) is 0.500. The molecule has 2 atom stereocenters. The van der Waals surface area contributed by atoms with Gasteiger partial charge >= 0.3 is 0 Å². The summed E-state index contributed by atoms with van der Waals surface area (Å²) >= 11 is 6.21. The predicted octanol–water partition coefficient (Wildman–Crippen LogP) is 2.38. The van der Waals surface area contributed by atoms with Crippen molar-refractivity contribution in [2.24, 2.45) is 11.7 Å². The lowest BCUT2D eigenvalue weighted by Crippen LogP contribution is -2.18. The first-order valence-corrected chi connectivity index (χ1v) is 5.79. The lowest BCUT2D eigenvalue weighted by atomic mass is 9.95. The average Bonchev–Trinajstić information content (AvgIpc) is 2.76. The second-order valence-corrected chi connectivity index (χ2v) is 4.34. The van der Waals surface area contributed by atoms with E-state index in [2.05, 4.69) is 0 Å². The van der Waals surface area contributed by atoms with Crippen LogP contribution in [0.1, 0.15) is 18.1 Å². The Hall–Kier alpha value is -0.770. The van der Waals surface area contributed by atoms with Crippen LogP contribution >= 0.6 is 11.6 Å². The topological polar surface area (TPSA) is 44.5 Å². The number of ether oxygens (including phenoxy) is 2. The summed E-state index contributed by atoms with van der Waals surface area (Å²) in [6.07, 6.45) is 0.948. The normalized spacial score (nSPS) is 24.7. The van der Waals surface area contributed by atoms with Crippen molar-refractivity contribution in [3.05, 3.63) is 28.8 Å². The molecular formula is C12H16ClNO2. The molecule has 1 heterocycles. The van der Waals surface area contributed by atoms with Crippen LogP contribution in [-0.4, -0.2) is 20.3 Å². The third-order valence-corrected chi connectivity index (χ3v) is 3.36. The van der Waals surface area contributed by atoms with Crippen LogP contribution in [0, 0.1) is 5.92 Å². The first-order chi connectivity index (χ1) is 7.77. The summed E-state index contributed by atoms with van der Waals surface area (Å²) in [4.78, 5) is 0. The van der Waals surface area contributed by atoms with Gasteiger partial charge in [-0.05, 0) is 25.1 Å². The second kappa shape index (κ2) is 5.04. The minimum absolute atomic E-state index is 0.0337. The van der Waals surface area contributed by atoms with E-state index in [4.69, 9.17) is 26.8 Å². The van der Waals surface area contributed by atoms with Gasteiger partial charge in [0.05, 0.1) is 18.2 Å². The minimum Gasteiger partial charge on any atom is -0.496 e. The van der Waals surface area contributed by atoms with E-state index in [-0.39, 0.29) is 6.10 Å². The van der Waals surface area contributed by atoms with Gasteiger partial charge in [0.25, 0.3) is 0 Å². The van der Waals surface area contributed by atoms with Gasteiger partial charge in [-0.1, -0.05) is 17.7 Å². The van der Waals surface area contributed by atoms with E-state index in [1.54, 1.807) is 7.11 Å². The Bertz CT molecular complexity index is 370. The molecule has 2 N–H and O–H groups in total. The number of methoxy groups -OCH3 is 1. The standard InChI is InChI=1S/C12H16ClNO2/c1-15-10-4-2-3-9(13)11(10)12-8(7-14)5-6-16-12/h2-4,8,12H,5-7,14H2,1H3. The number of benzene rings is 1. The highest BCUT2D eigenvalue weighted by Crippen LogP contribution is 2.41. The molecule has 88 valence electrons. The van der Waals surface area contributed by atoms with Crippen molar-refractivity contribution in [2.75, 3.05) is 20.3 Å². The molecule has 2 rings (SSSR count). The van der Waals surface area contributed by atoms with Gasteiger partial charge in [0.1, 0.15) is 5.75 Å². The number of halogens is 1. The fourth-order valence-electron chi connectivity index (χ4n) is 2.17. The minimum atomic E-state index is -0.0337. The smallest absolute Gasteiger partial charge is 0.126 e. The Morgan fingerprint density at radius 2 is 2.38 bits per heavy atom. The molecule has 16 heavy (non-hydrogen) atoms. The summed E-state index contributed by atoms with van der Waals surface area (Å²) in [5.74, 6) is 1.10. The molecule has 1 fully saturated rings. The molecule has 1 aromatic carbocycles. The molecule has 1 saturated heterocycles. The Kier molecular flexibility index (Phi) is 3.69. The largest absolute Gasteiger partial charge is 0.496 e. The molecule has 1 aromatic rings. The van der Waals surface area contributed by atoms with Crippen molar-refractivity contribution >= 4 is 11.6 Å². The Balaban J connectivity index is 2.38. The maximum absolute atomic E-state index is 6.21. The van der Waals surface area contributed by atoms with E-state index < -0.39 is 0 Å². The lowest BCUT2D eigenvalue weighted by molar-refractivity contribution is 0.0903. The van der Waals surface area contributed by atoms with E-state index >= 15 is 0 Å². The number of hydrogen-bond donors (Lipinski definition) is 1. The van der Waals surface area contributed by atoms with Gasteiger partial charge in [0, 0.05) is 18.1 Å². The fourth-order valence-corrected chi connectivity index (χ4v) is 2.44. The van der Waals surface area contributed by atoms with Crippen LogP contribution in [0.3, 0.4) is 0 Å². The van der Waals surface area contributed by atoms with Crippen molar-refractivity contribution in [3.63, 3.8) is 0 Å². The summed E-state index contributed by atoms with van der Waals surface area (Å²) in [6.45, 7) is 1.35. The molecule has 0 radical (unpaired) electrons. The third kappa shape index (κ3) is 2.03. The molecule has 0 amide bonds. The maximum Gasteiger partial charge on any atom is 0.126 e. The maximum atomic E-state index is 6.21. The molecule has 0 saturated carbocycles. The third-order valence-electron chi connectivity index (χ3n) is 3.03. The Morgan fingerprint density at radius 3 is 3.06 bits per heavy atom. The van der Waals surface area contributed by atoms with Crippen molar-refractivity contribution in [2.45, 2.75) is 12.5 Å². The van der Waals surface area contributed by atoms with Crippen LogP contribution in [0.15, 0.2) is 18.2 Å². The highest BCUT2D eigenvalue weighted by atomic mass is 35.5. The molecule has 0 aliphatic carbocycles. The van der Waals surface area contributed by atoms with Crippen LogP contribution in [0.2, 0.25) is 5.02 Å². The lowest BCUT2D eigenvalue weighted by Gasteiger charge is -2.20. The molecule has 0 bridgehead atoms. The van der Waals surface area contributed by atoms with Crippen LogP contribution in [0.5, 0.6) is 5.75 Å². The SMILES string of the molecule is COc1cccc(Cl)c1C1OCCC1CN. The van der Waals surface area contributed by atoms with E-state index in [1.165, 1.54) is 0 Å². The van der Waals surface area contributed by atoms with E-state index in [1.807, 2.05) is 18.2 Å². The summed E-state index contributed by atoms with van der Waals surface area (Å²) in [5.41, 5.74) is 6.67. The van der Waals surface area contributed by atoms with Crippen LogP contribution in [0.25, 0.3) is 0 Å². The van der Waals surface area contributed by atoms with E-state index in [0.717, 1.165) is 24.3 Å². The van der Waals surface area contributed by atoms with Gasteiger partial charge < -0.3 is 15.2 Å². The van der Waals surface area contributed by atoms with E-state index in [0.29, 0.717) is 17.5 Å². The molecule has 4 heteroatoms. The van der Waals surface area contributed by atoms with Gasteiger partial charge in [-0.3, -0.25) is 0 Å². The van der Waals surface area contributed by atoms with Crippen molar-refractivity contribution in [1.29, 1.82) is 0 Å². The van der Waals surface area contributed by atoms with Gasteiger partial charge in [0.15, 0.2) is 0 Å². The zero-order valence-electron chi connectivity index (χ0n) is 9.28. The molecule has 3 nitrogen and oxygen atoms in total. The Labute approximate surface area is 100 Å². The first-order valence-electron chi connectivity index (χ1n) is 5.42. The molecule has 2 unspecified atom stereocenters. The van der Waals surface area contributed by atoms with Gasteiger partial charge in [-0.2, -0.15) is 0 Å². The van der Waals surface area contributed by atoms with Crippen molar-refractivity contribution in [1.82, 2.24) is 0 Å². The number of hydrogen-bond acceptors (Lipinski definition) is 3. The van der Waals surface area contributed by atoms with Crippen LogP contribution < -0.4 is 10.5 Å². The number of rotatable bonds is 3. The summed E-state index contributed by atoms with van der Waals surface area (Å²) < 4.78 is 11.0. The summed E-state index contributed by atoms with van der Waals surface area (Å²) in [7, 11) is 1.64. The molecule has 0 aromatic heterocycles. The monoisotopic (exact) mass is 241 g/mol. The zero-order valence-corrected chi connectivity index (χ0v) is 10.0. The van der Waals surface area contributed by atoms with Crippen molar-refractivity contribution in [3.8, 4) is 5.75 Å². The van der Waals surface area contributed by atoms with E-state index in [9.17, 15) is 0 Å². The van der Waals surface area contributed by atoms with Crippen LogP contribution in [-0.2, 0) is 4.74 Å². The summed E-state index contributed by atoms with van der Waals surface area (Å²) in [6, 6.07) is 5.63. The zero-order chi connectivity index (χ0) is 11.5. The Morgan fingerprint density at radius 1 is 1.56 bits per heavy atom. The van der Waals surface area contributed by atoms with Crippen molar-refractivity contribution < 1.29 is 9.47 Å². The van der Waals surface area contributed by atoms with Gasteiger partial charge in [0.2, 0.25) is 0 Å². The predicted molar refractivity (Wildman–Crippen MR) is 63.9 cm³/mol. The quantitative estimate of drug-likeness (QED) is 0.884. The first kappa shape index (κ1) is 11.7. The second-order valence-electron chi connectivity index (χ2n) is 3.93. The highest BCUT2D eigenvalue weighted by Gasteiger charge is 2.32. The molecular weight excluding hydrogens is 226 g/mol. The molecule has 1 aliphatic heterocycles.